The molecule has 4 rings (SSSR count). The van der Waals surface area contributed by atoms with Crippen LogP contribution in [0.1, 0.15) is 20.8 Å². The van der Waals surface area contributed by atoms with Crippen LogP contribution in [0.2, 0.25) is 0 Å². The Morgan fingerprint density at radius 2 is 1.61 bits per heavy atom. The second-order valence-electron chi connectivity index (χ2n) is 5.78. The van der Waals surface area contributed by atoms with Gasteiger partial charge >= 0.3 is 0 Å². The van der Waals surface area contributed by atoms with E-state index in [9.17, 15) is 4.79 Å². The summed E-state index contributed by atoms with van der Waals surface area (Å²) in [5, 5.41) is 0. The highest BCUT2D eigenvalue weighted by Gasteiger charge is 2.22. The van der Waals surface area contributed by atoms with Crippen molar-refractivity contribution in [3.63, 3.8) is 0 Å². The lowest BCUT2D eigenvalue weighted by atomic mass is 10.00. The van der Waals surface area contributed by atoms with E-state index in [-0.39, 0.29) is 5.91 Å². The highest BCUT2D eigenvalue weighted by molar-refractivity contribution is 7.17. The van der Waals surface area contributed by atoms with Gasteiger partial charge in [-0.3, -0.25) is 4.79 Å². The van der Waals surface area contributed by atoms with E-state index in [1.165, 1.54) is 16.7 Å². The lowest BCUT2D eigenvalue weighted by Crippen LogP contribution is -2.35. The summed E-state index contributed by atoms with van der Waals surface area (Å²) < 4.78 is 0. The van der Waals surface area contributed by atoms with Gasteiger partial charge in [0, 0.05) is 18.0 Å². The van der Waals surface area contributed by atoms with E-state index in [4.69, 9.17) is 0 Å². The van der Waals surface area contributed by atoms with Gasteiger partial charge in [0.2, 0.25) is 0 Å². The van der Waals surface area contributed by atoms with Gasteiger partial charge in [-0.1, -0.05) is 54.6 Å². The molecule has 0 atom stereocenters. The zero-order valence-electron chi connectivity index (χ0n) is 12.7. The highest BCUT2D eigenvalue weighted by Crippen LogP contribution is 2.29. The Balaban J connectivity index is 1.55. The number of nitrogens with zero attached hydrogens (tertiary/aromatic N) is 1. The Bertz CT molecular complexity index is 838. The molecule has 0 saturated carbocycles. The Kier molecular flexibility index (Phi) is 3.72. The Morgan fingerprint density at radius 3 is 2.43 bits per heavy atom. The van der Waals surface area contributed by atoms with E-state index in [1.807, 2.05) is 41.3 Å². The van der Waals surface area contributed by atoms with E-state index in [1.54, 1.807) is 11.3 Å². The van der Waals surface area contributed by atoms with Gasteiger partial charge in [-0.2, -0.15) is 0 Å². The molecule has 0 bridgehead atoms. The van der Waals surface area contributed by atoms with Gasteiger partial charge in [-0.25, -0.2) is 0 Å². The van der Waals surface area contributed by atoms with Crippen LogP contribution in [-0.2, 0) is 13.0 Å². The summed E-state index contributed by atoms with van der Waals surface area (Å²) in [6, 6.07) is 22.6. The number of fused-ring (bicyclic) bond motifs is 1. The quantitative estimate of drug-likeness (QED) is 0.675. The van der Waals surface area contributed by atoms with Crippen molar-refractivity contribution in [1.29, 1.82) is 0 Å². The van der Waals surface area contributed by atoms with Crippen LogP contribution in [0.3, 0.4) is 0 Å². The van der Waals surface area contributed by atoms with Crippen molar-refractivity contribution in [3.8, 4) is 10.4 Å². The first kappa shape index (κ1) is 14.2. The standard InChI is InChI=1S/C20H17NOS/c22-20(21-13-12-15-6-4-5-9-17(15)14-21)19-11-10-18(23-19)16-7-2-1-3-8-16/h1-11H,12-14H2. The minimum absolute atomic E-state index is 0.145. The van der Waals surface area contributed by atoms with Crippen LogP contribution in [-0.4, -0.2) is 17.4 Å². The molecule has 2 heterocycles. The zero-order valence-corrected chi connectivity index (χ0v) is 13.6. The fourth-order valence-corrected chi connectivity index (χ4v) is 4.01. The molecule has 1 aliphatic rings. The highest BCUT2D eigenvalue weighted by atomic mass is 32.1. The molecule has 2 nitrogen and oxygen atoms in total. The van der Waals surface area contributed by atoms with Crippen LogP contribution in [0.25, 0.3) is 10.4 Å². The molecule has 1 aliphatic heterocycles. The largest absolute Gasteiger partial charge is 0.333 e. The Hall–Kier alpha value is -2.39. The fourth-order valence-electron chi connectivity index (χ4n) is 3.04. The summed E-state index contributed by atoms with van der Waals surface area (Å²) in [5.41, 5.74) is 3.81. The first-order valence-corrected chi connectivity index (χ1v) is 8.64. The third kappa shape index (κ3) is 2.80. The number of hydrogen-bond donors (Lipinski definition) is 0. The summed E-state index contributed by atoms with van der Waals surface area (Å²) in [5.74, 6) is 0.145. The molecule has 114 valence electrons. The molecule has 0 spiro atoms. The minimum Gasteiger partial charge on any atom is -0.333 e. The molecule has 0 fully saturated rings. The number of benzene rings is 2. The smallest absolute Gasteiger partial charge is 0.264 e. The molecular formula is C20H17NOS. The Morgan fingerprint density at radius 1 is 0.870 bits per heavy atom. The zero-order chi connectivity index (χ0) is 15.6. The van der Waals surface area contributed by atoms with E-state index in [0.29, 0.717) is 6.54 Å². The van der Waals surface area contributed by atoms with Gasteiger partial charge in [0.1, 0.15) is 0 Å². The fraction of sp³-hybridized carbons (Fsp3) is 0.150. The van der Waals surface area contributed by atoms with Gasteiger partial charge in [-0.05, 0) is 35.2 Å². The predicted octanol–water partition coefficient (Wildman–Crippen LogP) is 4.61. The van der Waals surface area contributed by atoms with Crippen molar-refractivity contribution in [3.05, 3.63) is 82.7 Å². The lowest BCUT2D eigenvalue weighted by molar-refractivity contribution is 0.0739. The van der Waals surface area contributed by atoms with Gasteiger partial charge in [0.25, 0.3) is 5.91 Å². The van der Waals surface area contributed by atoms with Gasteiger partial charge < -0.3 is 4.90 Å². The predicted molar refractivity (Wildman–Crippen MR) is 94.6 cm³/mol. The van der Waals surface area contributed by atoms with Crippen molar-refractivity contribution in [2.75, 3.05) is 6.54 Å². The topological polar surface area (TPSA) is 20.3 Å². The molecule has 2 aromatic carbocycles. The van der Waals surface area contributed by atoms with Crippen molar-refractivity contribution in [1.82, 2.24) is 4.90 Å². The molecule has 3 aromatic rings. The van der Waals surface area contributed by atoms with Crippen LogP contribution in [0.4, 0.5) is 0 Å². The van der Waals surface area contributed by atoms with E-state index in [2.05, 4.69) is 30.3 Å². The third-order valence-electron chi connectivity index (χ3n) is 4.29. The van der Waals surface area contributed by atoms with Crippen LogP contribution in [0.5, 0.6) is 0 Å². The van der Waals surface area contributed by atoms with E-state index in [0.717, 1.165) is 22.7 Å². The van der Waals surface area contributed by atoms with Crippen molar-refractivity contribution in [2.24, 2.45) is 0 Å². The maximum Gasteiger partial charge on any atom is 0.264 e. The molecular weight excluding hydrogens is 302 g/mol. The number of amides is 1. The van der Waals surface area contributed by atoms with Gasteiger partial charge in [0.15, 0.2) is 0 Å². The van der Waals surface area contributed by atoms with E-state index < -0.39 is 0 Å². The first-order chi connectivity index (χ1) is 11.3. The lowest BCUT2D eigenvalue weighted by Gasteiger charge is -2.28. The number of carbonyl (C=O) groups is 1. The van der Waals surface area contributed by atoms with Crippen LogP contribution < -0.4 is 0 Å². The normalized spacial score (nSPS) is 13.7. The molecule has 0 saturated heterocycles. The van der Waals surface area contributed by atoms with Crippen molar-refractivity contribution < 1.29 is 4.79 Å². The average molecular weight is 319 g/mol. The molecule has 23 heavy (non-hydrogen) atoms. The molecule has 0 unspecified atom stereocenters. The summed E-state index contributed by atoms with van der Waals surface area (Å²) >= 11 is 1.58. The molecule has 0 aliphatic carbocycles. The van der Waals surface area contributed by atoms with Gasteiger partial charge in [-0.15, -0.1) is 11.3 Å². The summed E-state index contributed by atoms with van der Waals surface area (Å²) in [6.45, 7) is 1.52. The monoisotopic (exact) mass is 319 g/mol. The van der Waals surface area contributed by atoms with E-state index >= 15 is 0 Å². The molecule has 0 N–H and O–H groups in total. The first-order valence-electron chi connectivity index (χ1n) is 7.82. The molecule has 1 amide bonds. The summed E-state index contributed by atoms with van der Waals surface area (Å²) in [6.07, 6.45) is 0.943. The van der Waals surface area contributed by atoms with Crippen molar-refractivity contribution >= 4 is 17.2 Å². The maximum absolute atomic E-state index is 12.8. The third-order valence-corrected chi connectivity index (χ3v) is 5.42. The average Bonchev–Trinajstić information content (AvgIpc) is 3.11. The SMILES string of the molecule is O=C(c1ccc(-c2ccccc2)s1)N1CCc2ccccc2C1. The van der Waals surface area contributed by atoms with Crippen LogP contribution in [0, 0.1) is 0 Å². The summed E-state index contributed by atoms with van der Waals surface area (Å²) in [4.78, 5) is 16.7. The number of thiophene rings is 1. The second kappa shape index (κ2) is 6.01. The number of hydrogen-bond acceptors (Lipinski definition) is 2. The van der Waals surface area contributed by atoms with Crippen LogP contribution in [0.15, 0.2) is 66.7 Å². The Labute approximate surface area is 140 Å². The number of rotatable bonds is 2. The van der Waals surface area contributed by atoms with Gasteiger partial charge in [0.05, 0.1) is 4.88 Å². The summed E-state index contributed by atoms with van der Waals surface area (Å²) in [7, 11) is 0. The molecule has 1 aromatic heterocycles. The molecule has 0 radical (unpaired) electrons. The maximum atomic E-state index is 12.8. The second-order valence-corrected chi connectivity index (χ2v) is 6.86. The number of carbonyl (C=O) groups excluding carboxylic acids is 1. The molecule has 3 heteroatoms. The van der Waals surface area contributed by atoms with Crippen molar-refractivity contribution in [2.45, 2.75) is 13.0 Å². The minimum atomic E-state index is 0.145. The van der Waals surface area contributed by atoms with Crippen LogP contribution >= 0.6 is 11.3 Å².